The first-order valence-electron chi connectivity index (χ1n) is 40.4. The van der Waals surface area contributed by atoms with E-state index in [0.717, 1.165) is 54.3 Å². The summed E-state index contributed by atoms with van der Waals surface area (Å²) in [6.07, 6.45) is 5.02. The number of alkyl halides is 2. The van der Waals surface area contributed by atoms with Crippen molar-refractivity contribution in [1.29, 1.82) is 0 Å². The van der Waals surface area contributed by atoms with Crippen LogP contribution in [0.2, 0.25) is 10.0 Å². The molecule has 3 fully saturated rings. The number of nitrogens with zero attached hydrogens (tertiary/aromatic N) is 6. The number of carboxylic acid groups (broad SMARTS) is 1. The van der Waals surface area contributed by atoms with Crippen LogP contribution >= 0.6 is 50.9 Å². The van der Waals surface area contributed by atoms with Gasteiger partial charge in [-0.2, -0.15) is 17.4 Å². The van der Waals surface area contributed by atoms with Crippen molar-refractivity contribution < 1.29 is 86.7 Å². The van der Waals surface area contributed by atoms with E-state index in [1.54, 1.807) is 142 Å². The summed E-state index contributed by atoms with van der Waals surface area (Å²) in [5.74, 6) is -2.82. The third-order valence-corrected chi connectivity index (χ3v) is 27.6. The predicted molar refractivity (Wildman–Crippen MR) is 468 cm³/mol. The topological polar surface area (TPSA) is 298 Å². The van der Waals surface area contributed by atoms with E-state index in [2.05, 4.69) is 41.4 Å². The van der Waals surface area contributed by atoms with Gasteiger partial charge < -0.3 is 44.3 Å². The fourth-order valence-corrected chi connectivity index (χ4v) is 19.9. The summed E-state index contributed by atoms with van der Waals surface area (Å²) in [5.41, 5.74) is 6.43. The van der Waals surface area contributed by atoms with Crippen molar-refractivity contribution >= 4 is 112 Å². The van der Waals surface area contributed by atoms with E-state index in [4.69, 9.17) is 32.4 Å². The van der Waals surface area contributed by atoms with Crippen LogP contribution in [-0.2, 0) is 67.1 Å². The third kappa shape index (κ3) is 23.9. The molecule has 2 unspecified atom stereocenters. The number of hydrogen-bond donors (Lipinski definition) is 5. The molecule has 1 saturated carbocycles. The number of nitrogens with one attached hydrogen (secondary N) is 4. The second kappa shape index (κ2) is 41.7. The van der Waals surface area contributed by atoms with Crippen LogP contribution in [-0.4, -0.2) is 137 Å². The fraction of sp³-hybridized carbons (Fsp3) is 0.286. The Morgan fingerprint density at radius 1 is 0.714 bits per heavy atom. The zero-order valence-corrected chi connectivity index (χ0v) is 73.9. The largest absolute Gasteiger partial charge is 0.478 e. The third-order valence-electron chi connectivity index (χ3n) is 21.5. The van der Waals surface area contributed by atoms with Crippen molar-refractivity contribution in [3.05, 3.63) is 316 Å². The molecule has 4 amide bonds. The Kier molecular flexibility index (Phi) is 30.7. The number of aromatic carboxylic acids is 1. The van der Waals surface area contributed by atoms with Gasteiger partial charge in [0.1, 0.15) is 48.4 Å². The number of halogens is 8. The van der Waals surface area contributed by atoms with E-state index in [9.17, 15) is 72.7 Å². The first kappa shape index (κ1) is 92.8. The zero-order chi connectivity index (χ0) is 89.7. The smallest absolute Gasteiger partial charge is 0.387 e. The maximum Gasteiger partial charge on any atom is 0.387 e. The van der Waals surface area contributed by atoms with Crippen LogP contribution in [0.25, 0.3) is 0 Å². The van der Waals surface area contributed by atoms with Crippen molar-refractivity contribution in [3.63, 3.8) is 0 Å². The summed E-state index contributed by atoms with van der Waals surface area (Å²) in [4.78, 5) is 86.2. The Morgan fingerprint density at radius 2 is 1.36 bits per heavy atom. The molecule has 126 heavy (non-hydrogen) atoms. The molecule has 16 rings (SSSR count). The minimum atomic E-state index is -3.91. The number of aromatic nitrogens is 3. The number of quaternary nitrogens is 1. The summed E-state index contributed by atoms with van der Waals surface area (Å²) in [5, 5.41) is 18.9. The number of rotatable bonds is 25. The average molecular weight is 1890 g/mol. The number of carbonyl (C=O) groups excluding carboxylic acids is 4. The highest BCUT2D eigenvalue weighted by Gasteiger charge is 2.43. The molecule has 4 aliphatic heterocycles. The van der Waals surface area contributed by atoms with Gasteiger partial charge in [-0.05, 0) is 203 Å². The number of piperidine rings is 1. The molecule has 24 nitrogen and oxygen atoms in total. The highest BCUT2D eigenvalue weighted by Crippen LogP contribution is 2.44. The first-order valence-corrected chi connectivity index (χ1v) is 45.7. The molecule has 9 aromatic carbocycles. The average Bonchev–Trinajstić information content (AvgIpc) is 1.60. The van der Waals surface area contributed by atoms with E-state index in [1.807, 2.05) is 39.0 Å². The van der Waals surface area contributed by atoms with Gasteiger partial charge in [-0.1, -0.05) is 135 Å². The Bertz CT molecular complexity index is 6030. The van der Waals surface area contributed by atoms with Crippen molar-refractivity contribution in [2.45, 2.75) is 155 Å². The number of amides is 4. The number of sulfonamides is 2. The number of carboxylic acids is 1. The predicted octanol–water partition coefficient (Wildman–Crippen LogP) is 16.4. The fourth-order valence-electron chi connectivity index (χ4n) is 15.0. The lowest BCUT2D eigenvalue weighted by Gasteiger charge is -2.39. The minimum absolute atomic E-state index is 0.00433. The second-order valence-electron chi connectivity index (χ2n) is 31.0. The van der Waals surface area contributed by atoms with Gasteiger partial charge in [-0.25, -0.2) is 39.8 Å². The number of aromatic amines is 1. The van der Waals surface area contributed by atoms with Crippen LogP contribution in [0.1, 0.15) is 147 Å². The van der Waals surface area contributed by atoms with Gasteiger partial charge in [0, 0.05) is 93.7 Å². The molecule has 35 heteroatoms. The van der Waals surface area contributed by atoms with Crippen molar-refractivity contribution in [2.75, 3.05) is 43.1 Å². The molecular formula is C91H89BrCl2F5N10O14S3+. The van der Waals surface area contributed by atoms with Crippen LogP contribution in [0.5, 0.6) is 5.75 Å². The number of aryl methyl sites for hydroxylation is 1. The minimum Gasteiger partial charge on any atom is -0.478 e. The number of anilines is 2. The molecule has 6 heterocycles. The van der Waals surface area contributed by atoms with Crippen LogP contribution in [0.3, 0.4) is 0 Å². The Hall–Kier alpha value is -10.9. The number of oxazole rings is 1. The first-order chi connectivity index (χ1) is 60.3. The Labute approximate surface area is 747 Å². The van der Waals surface area contributed by atoms with E-state index >= 15 is 0 Å². The molecule has 5 aliphatic rings. The van der Waals surface area contributed by atoms with Crippen molar-refractivity contribution in [1.82, 2.24) is 33.6 Å². The Morgan fingerprint density at radius 3 is 1.99 bits per heavy atom. The van der Waals surface area contributed by atoms with E-state index in [1.165, 1.54) is 87.3 Å². The van der Waals surface area contributed by atoms with Crippen molar-refractivity contribution in [3.8, 4) is 5.75 Å². The normalized spacial score (nSPS) is 15.7. The number of ether oxygens (including phenoxy) is 2. The monoisotopic (exact) mass is 1890 g/mol. The lowest BCUT2D eigenvalue weighted by Crippen LogP contribution is -3.08. The molecule has 2 atom stereocenters. The molecule has 660 valence electrons. The molecule has 1 aliphatic carbocycles. The molecule has 2 saturated heterocycles. The number of hydrogen-bond acceptors (Lipinski definition) is 15. The molecule has 0 spiro atoms. The van der Waals surface area contributed by atoms with Crippen LogP contribution < -0.4 is 30.7 Å². The number of H-pyrrole nitrogens is 1. The van der Waals surface area contributed by atoms with Crippen LogP contribution in [0, 0.1) is 24.4 Å². The van der Waals surface area contributed by atoms with Gasteiger partial charge in [0.25, 0.3) is 23.3 Å². The van der Waals surface area contributed by atoms with E-state index in [0.29, 0.717) is 108 Å². The van der Waals surface area contributed by atoms with Crippen LogP contribution in [0.15, 0.2) is 246 Å². The quantitative estimate of drug-likeness (QED) is 0.0332. The molecule has 5 N–H and O–H groups in total. The van der Waals surface area contributed by atoms with Crippen molar-refractivity contribution in [2.24, 2.45) is 0 Å². The van der Waals surface area contributed by atoms with Gasteiger partial charge >= 0.3 is 12.6 Å². The zero-order valence-electron chi connectivity index (χ0n) is 68.4. The SMILES string of the molecule is CC(C)NC(=O)c1coc(C[NH+](Cc2ccc(F)cc2)Cc2ccc(Cl)cc2Cl)n1.Cc1ccc(S(=O)(=O)N(CC(=O)N(Cc2ccc(F)cc2)C2CCN(S(=O)(=O)c3ccc(Br)cc3)CC2)C2CC2)cc1.O=C(O)c1ccc2c(c1)N(Cc1ccc(F)cc1)C(=O)c1ccccc1S2.O=C1CC(c2cccc(OC(F)F)c2)c2c(n(C3CCOCC3)[nH]c2=O)N1. The number of benzene rings is 9. The molecule has 2 aromatic heterocycles. The van der Waals surface area contributed by atoms with Gasteiger partial charge in [0.15, 0.2) is 12.2 Å². The van der Waals surface area contributed by atoms with Crippen LogP contribution in [0.4, 0.5) is 33.5 Å². The number of fused-ring (bicyclic) bond motifs is 3. The summed E-state index contributed by atoms with van der Waals surface area (Å²) >= 11 is 17.1. The van der Waals surface area contributed by atoms with Gasteiger partial charge in [0.05, 0.1) is 56.3 Å². The standard InChI is InChI=1S/C30H33BrFN3O5S2.C22H22Cl2FN3O2.C21H14FNO3S.C18H19F2N3O4/c1-22-2-12-29(13-3-22)42(39,40)35(27-10-11-27)21-30(36)34(20-23-4-8-25(32)9-5-23)26-16-18-33(19-17-26)41(37,38)28-14-6-24(31)7-15-28;1-14(2)26-22(29)20-13-30-21(27-20)12-28(10-15-3-7-18(25)8-4-15)11-16-5-6-17(23)9-19(16)24;22-15-8-5-13(6-9-15)12-23-17-11-14(21(25)26)7-10-19(17)27-18-4-2-1-3-16(18)20(23)24;19-18(20)27-12-3-1-2-10(8-12)13-9-14(24)21-16-15(13)17(25)22-23(16)11-4-6-26-7-5-11/h2-9,12-15,26-27H,10-11,16-21H2,1H3;3-9,13-14H,10-12H2,1-2H3,(H,26,29);1-11H,12H2,(H,25,26);1-3,8,11,13,18H,4-7,9H2,(H,21,24)(H,22,25)/p+1. The van der Waals surface area contributed by atoms with Gasteiger partial charge in [-0.3, -0.25) is 33.8 Å². The molecule has 0 radical (unpaired) electrons. The molecule has 11 aromatic rings. The highest BCUT2D eigenvalue weighted by molar-refractivity contribution is 9.10. The summed E-state index contributed by atoms with van der Waals surface area (Å²) < 4.78 is 139. The highest BCUT2D eigenvalue weighted by atomic mass is 79.9. The Balaban J connectivity index is 0.000000147. The lowest BCUT2D eigenvalue weighted by molar-refractivity contribution is -0.942. The van der Waals surface area contributed by atoms with Gasteiger partial charge in [0.2, 0.25) is 31.9 Å². The van der Waals surface area contributed by atoms with Gasteiger partial charge in [-0.15, -0.1) is 0 Å². The maximum absolute atomic E-state index is 13.9. The molecule has 0 bridgehead atoms. The van der Waals surface area contributed by atoms with E-state index in [-0.39, 0.29) is 131 Å². The lowest BCUT2D eigenvalue weighted by atomic mass is 9.87. The number of carbonyl (C=O) groups is 5. The summed E-state index contributed by atoms with van der Waals surface area (Å²) in [7, 11) is -7.62. The summed E-state index contributed by atoms with van der Waals surface area (Å²) in [6, 6.07) is 54.2. The van der Waals surface area contributed by atoms with E-state index < -0.39 is 44.4 Å². The summed E-state index contributed by atoms with van der Waals surface area (Å²) in [6.45, 7) is 5.93. The molecular weight excluding hydrogens is 1800 g/mol. The maximum atomic E-state index is 13.9. The second-order valence-corrected chi connectivity index (χ2v) is 37.7.